The van der Waals surface area contributed by atoms with Crippen LogP contribution in [0.5, 0.6) is 0 Å². The van der Waals surface area contributed by atoms with Gasteiger partial charge in [-0.2, -0.15) is 4.31 Å². The molecule has 5 nitrogen and oxygen atoms in total. The molecule has 0 aromatic heterocycles. The first-order valence-corrected chi connectivity index (χ1v) is 11.1. The second-order valence-electron chi connectivity index (χ2n) is 7.10. The maximum Gasteiger partial charge on any atom is 0.251 e. The van der Waals surface area contributed by atoms with Crippen LogP contribution in [0, 0.1) is 0 Å². The van der Waals surface area contributed by atoms with Crippen LogP contribution in [0.1, 0.15) is 61.7 Å². The van der Waals surface area contributed by atoms with Gasteiger partial charge < -0.3 is 5.32 Å². The van der Waals surface area contributed by atoms with Gasteiger partial charge in [0.1, 0.15) is 0 Å². The minimum Gasteiger partial charge on any atom is -0.352 e. The molecule has 0 radical (unpaired) electrons. The summed E-state index contributed by atoms with van der Waals surface area (Å²) in [5.41, 5.74) is 1.93. The number of hydrogen-bond acceptors (Lipinski definition) is 3. The first-order valence-electron chi connectivity index (χ1n) is 9.64. The lowest BCUT2D eigenvalue weighted by Crippen LogP contribution is -2.35. The van der Waals surface area contributed by atoms with Crippen LogP contribution in [0.25, 0.3) is 0 Å². The van der Waals surface area contributed by atoms with Crippen molar-refractivity contribution in [3.8, 4) is 0 Å². The zero-order valence-electron chi connectivity index (χ0n) is 15.2. The van der Waals surface area contributed by atoms with E-state index >= 15 is 0 Å². The van der Waals surface area contributed by atoms with Crippen molar-refractivity contribution in [1.29, 1.82) is 0 Å². The summed E-state index contributed by atoms with van der Waals surface area (Å²) in [5, 5.41) is 2.93. The summed E-state index contributed by atoms with van der Waals surface area (Å²) in [6.45, 7) is 1.79. The summed E-state index contributed by atoms with van der Waals surface area (Å²) in [6.07, 6.45) is 10.9. The average molecular weight is 377 g/mol. The average Bonchev–Trinajstić information content (AvgIpc) is 2.69. The molecule has 6 heteroatoms. The van der Waals surface area contributed by atoms with E-state index in [-0.39, 0.29) is 10.8 Å². The van der Waals surface area contributed by atoms with Crippen molar-refractivity contribution in [2.45, 2.75) is 56.3 Å². The number of carbonyl (C=O) groups is 1. The molecule has 1 aromatic carbocycles. The van der Waals surface area contributed by atoms with Gasteiger partial charge in [0.05, 0.1) is 4.90 Å². The summed E-state index contributed by atoms with van der Waals surface area (Å²) in [6, 6.07) is 6.29. The van der Waals surface area contributed by atoms with Gasteiger partial charge in [-0.1, -0.05) is 18.1 Å². The van der Waals surface area contributed by atoms with Crippen LogP contribution in [-0.2, 0) is 10.0 Å². The van der Waals surface area contributed by atoms with Gasteiger partial charge in [0.15, 0.2) is 0 Å². The number of hydrogen-bond donors (Lipinski definition) is 1. The zero-order chi connectivity index (χ0) is 18.4. The molecule has 0 spiro atoms. The molecule has 1 aliphatic carbocycles. The summed E-state index contributed by atoms with van der Waals surface area (Å²) in [4.78, 5) is 12.5. The van der Waals surface area contributed by atoms with E-state index in [1.54, 1.807) is 28.6 Å². The van der Waals surface area contributed by atoms with Gasteiger partial charge in [0, 0.05) is 25.2 Å². The lowest BCUT2D eigenvalue weighted by atomic mass is 9.97. The number of benzene rings is 1. The van der Waals surface area contributed by atoms with Gasteiger partial charge in [-0.3, -0.25) is 4.79 Å². The SMILES string of the molecule is O=C(NCCC1=CCCCC1)c1ccc(S(=O)(=O)N2CCCCC2)cc1. The van der Waals surface area contributed by atoms with E-state index in [2.05, 4.69) is 11.4 Å². The highest BCUT2D eigenvalue weighted by molar-refractivity contribution is 7.89. The molecule has 0 bridgehead atoms. The lowest BCUT2D eigenvalue weighted by molar-refractivity contribution is 0.0954. The second kappa shape index (κ2) is 8.82. The van der Waals surface area contributed by atoms with Crippen molar-refractivity contribution in [1.82, 2.24) is 9.62 Å². The fraction of sp³-hybridized carbons (Fsp3) is 0.550. The van der Waals surface area contributed by atoms with Crippen LogP contribution in [0.3, 0.4) is 0 Å². The van der Waals surface area contributed by atoms with Crippen LogP contribution < -0.4 is 5.32 Å². The number of amides is 1. The maximum atomic E-state index is 12.6. The highest BCUT2D eigenvalue weighted by Gasteiger charge is 2.25. The van der Waals surface area contributed by atoms with Crippen molar-refractivity contribution < 1.29 is 13.2 Å². The lowest BCUT2D eigenvalue weighted by Gasteiger charge is -2.25. The van der Waals surface area contributed by atoms with Crippen molar-refractivity contribution in [3.05, 3.63) is 41.5 Å². The largest absolute Gasteiger partial charge is 0.352 e. The first-order chi connectivity index (χ1) is 12.6. The molecule has 1 fully saturated rings. The zero-order valence-corrected chi connectivity index (χ0v) is 16.1. The highest BCUT2D eigenvalue weighted by atomic mass is 32.2. The van der Waals surface area contributed by atoms with Gasteiger partial charge in [-0.15, -0.1) is 0 Å². The quantitative estimate of drug-likeness (QED) is 0.773. The third-order valence-electron chi connectivity index (χ3n) is 5.19. The van der Waals surface area contributed by atoms with Crippen LogP contribution >= 0.6 is 0 Å². The summed E-state index contributed by atoms with van der Waals surface area (Å²) in [7, 11) is -3.44. The van der Waals surface area contributed by atoms with Crippen molar-refractivity contribution in [3.63, 3.8) is 0 Å². The van der Waals surface area contributed by atoms with Crippen molar-refractivity contribution in [2.24, 2.45) is 0 Å². The Bertz CT molecular complexity index is 748. The second-order valence-corrected chi connectivity index (χ2v) is 9.04. The van der Waals surface area contributed by atoms with Gasteiger partial charge in [0.2, 0.25) is 10.0 Å². The summed E-state index contributed by atoms with van der Waals surface area (Å²) in [5.74, 6) is -0.150. The number of nitrogens with one attached hydrogen (secondary N) is 1. The van der Waals surface area contributed by atoms with E-state index < -0.39 is 10.0 Å². The molecule has 142 valence electrons. The smallest absolute Gasteiger partial charge is 0.251 e. The van der Waals surface area contributed by atoms with Gasteiger partial charge in [-0.05, 0) is 69.2 Å². The summed E-state index contributed by atoms with van der Waals surface area (Å²) < 4.78 is 26.8. The Morgan fingerprint density at radius 3 is 2.38 bits per heavy atom. The molecule has 1 aromatic rings. The molecule has 0 saturated carbocycles. The Hall–Kier alpha value is -1.66. The normalized spacial score (nSPS) is 19.0. The molecule has 2 aliphatic rings. The number of nitrogens with zero attached hydrogens (tertiary/aromatic N) is 1. The number of carbonyl (C=O) groups excluding carboxylic acids is 1. The Morgan fingerprint density at radius 2 is 1.73 bits per heavy atom. The molecule has 26 heavy (non-hydrogen) atoms. The third-order valence-corrected chi connectivity index (χ3v) is 7.10. The minimum absolute atomic E-state index is 0.150. The van der Waals surface area contributed by atoms with Crippen LogP contribution in [0.2, 0.25) is 0 Å². The van der Waals surface area contributed by atoms with Crippen LogP contribution in [0.15, 0.2) is 40.8 Å². The highest BCUT2D eigenvalue weighted by Crippen LogP contribution is 2.21. The monoisotopic (exact) mass is 376 g/mol. The Labute approximate surface area is 156 Å². The molecular weight excluding hydrogens is 348 g/mol. The molecule has 1 saturated heterocycles. The molecule has 1 N–H and O–H groups in total. The Kier molecular flexibility index (Phi) is 6.48. The topological polar surface area (TPSA) is 66.5 Å². The third kappa shape index (κ3) is 4.74. The van der Waals surface area contributed by atoms with Gasteiger partial charge in [-0.25, -0.2) is 8.42 Å². The molecular formula is C20H28N2O3S. The first kappa shape index (κ1) is 19.1. The predicted octanol–water partition coefficient (Wildman–Crippen LogP) is 3.48. The standard InChI is InChI=1S/C20H28N2O3S/c23-20(21-14-13-17-7-3-1-4-8-17)18-9-11-19(12-10-18)26(24,25)22-15-5-2-6-16-22/h7,9-12H,1-6,8,13-16H2,(H,21,23). The predicted molar refractivity (Wildman–Crippen MR) is 103 cm³/mol. The molecule has 3 rings (SSSR count). The number of allylic oxidation sites excluding steroid dienone is 1. The molecule has 0 unspecified atom stereocenters. The van der Waals surface area contributed by atoms with Crippen LogP contribution in [-0.4, -0.2) is 38.3 Å². The van der Waals surface area contributed by atoms with E-state index in [9.17, 15) is 13.2 Å². The van der Waals surface area contributed by atoms with Crippen molar-refractivity contribution in [2.75, 3.05) is 19.6 Å². The van der Waals surface area contributed by atoms with Crippen molar-refractivity contribution >= 4 is 15.9 Å². The summed E-state index contributed by atoms with van der Waals surface area (Å²) >= 11 is 0. The fourth-order valence-corrected chi connectivity index (χ4v) is 5.12. The Morgan fingerprint density at radius 1 is 1.00 bits per heavy atom. The van der Waals surface area contributed by atoms with Gasteiger partial charge >= 0.3 is 0 Å². The van der Waals surface area contributed by atoms with E-state index in [1.807, 2.05) is 0 Å². The van der Waals surface area contributed by atoms with E-state index in [1.165, 1.54) is 18.4 Å². The molecule has 1 amide bonds. The minimum atomic E-state index is -3.44. The maximum absolute atomic E-state index is 12.6. The van der Waals surface area contributed by atoms with E-state index in [0.717, 1.165) is 38.5 Å². The van der Waals surface area contributed by atoms with E-state index in [0.29, 0.717) is 25.2 Å². The van der Waals surface area contributed by atoms with Crippen LogP contribution in [0.4, 0.5) is 0 Å². The number of piperidine rings is 1. The molecule has 1 heterocycles. The number of sulfonamides is 1. The van der Waals surface area contributed by atoms with E-state index in [4.69, 9.17) is 0 Å². The molecule has 1 aliphatic heterocycles. The number of rotatable bonds is 6. The Balaban J connectivity index is 1.56. The fourth-order valence-electron chi connectivity index (χ4n) is 3.60. The molecule has 0 atom stereocenters. The van der Waals surface area contributed by atoms with Gasteiger partial charge in [0.25, 0.3) is 5.91 Å².